The summed E-state index contributed by atoms with van der Waals surface area (Å²) in [5, 5.41) is 30.5. The largest absolute Gasteiger partial charge is 0.504 e. The van der Waals surface area contributed by atoms with Gasteiger partial charge in [0.25, 0.3) is 0 Å². The molecule has 3 N–H and O–H groups in total. The second kappa shape index (κ2) is 7.35. The van der Waals surface area contributed by atoms with Crippen LogP contribution in [-0.2, 0) is 4.74 Å². The van der Waals surface area contributed by atoms with Crippen molar-refractivity contribution in [3.63, 3.8) is 0 Å². The van der Waals surface area contributed by atoms with E-state index in [0.717, 1.165) is 0 Å². The van der Waals surface area contributed by atoms with E-state index < -0.39 is 29.5 Å². The highest BCUT2D eigenvalue weighted by molar-refractivity contribution is 6.06. The summed E-state index contributed by atoms with van der Waals surface area (Å²) in [5.41, 5.74) is 0.165. The quantitative estimate of drug-likeness (QED) is 0.657. The lowest BCUT2D eigenvalue weighted by molar-refractivity contribution is -0.00134. The molecule has 0 bridgehead atoms. The average Bonchev–Trinajstić information content (AvgIpc) is 2.69. The molecule has 3 rings (SSSR count). The smallest absolute Gasteiger partial charge is 0.203 e. The number of hydrogen-bond acceptors (Lipinski definition) is 9. The maximum atomic E-state index is 12.9. The van der Waals surface area contributed by atoms with Crippen molar-refractivity contribution in [1.29, 1.82) is 0 Å². The van der Waals surface area contributed by atoms with Crippen molar-refractivity contribution >= 4 is 5.78 Å². The molecule has 0 amide bonds. The SMILES string of the molecule is COc1cc2c(c(O)c1O)C(=O)[C@H](OC)[C@@H](c1cc(O)c(OC)c(OC)c1)O2. The maximum Gasteiger partial charge on any atom is 0.203 e. The third-order valence-electron chi connectivity index (χ3n) is 4.52. The molecule has 0 fully saturated rings. The van der Waals surface area contributed by atoms with Crippen LogP contribution in [-0.4, -0.2) is 55.6 Å². The number of rotatable bonds is 5. The number of carbonyl (C=O) groups excluding carboxylic acids is 1. The second-order valence-corrected chi connectivity index (χ2v) is 5.98. The van der Waals surface area contributed by atoms with E-state index in [0.29, 0.717) is 5.56 Å². The van der Waals surface area contributed by atoms with Crippen molar-refractivity contribution in [2.75, 3.05) is 28.4 Å². The zero-order valence-electron chi connectivity index (χ0n) is 15.7. The van der Waals surface area contributed by atoms with Crippen molar-refractivity contribution in [3.05, 3.63) is 29.3 Å². The Balaban J connectivity index is 2.16. The van der Waals surface area contributed by atoms with Gasteiger partial charge in [0.2, 0.25) is 17.3 Å². The molecule has 0 aromatic heterocycles. The maximum absolute atomic E-state index is 12.9. The van der Waals surface area contributed by atoms with Crippen molar-refractivity contribution in [1.82, 2.24) is 0 Å². The molecule has 0 spiro atoms. The van der Waals surface area contributed by atoms with Gasteiger partial charge in [0, 0.05) is 18.7 Å². The zero-order valence-corrected chi connectivity index (χ0v) is 15.7. The summed E-state index contributed by atoms with van der Waals surface area (Å²) in [7, 11) is 5.40. The number of Topliss-reactive ketones (excluding diaryl/α,β-unsaturated/α-hetero) is 1. The Morgan fingerprint density at radius 3 is 2.14 bits per heavy atom. The molecule has 2 atom stereocenters. The third kappa shape index (κ3) is 2.89. The van der Waals surface area contributed by atoms with Gasteiger partial charge in [-0.25, -0.2) is 0 Å². The van der Waals surface area contributed by atoms with E-state index >= 15 is 0 Å². The van der Waals surface area contributed by atoms with E-state index in [1.54, 1.807) is 6.07 Å². The van der Waals surface area contributed by atoms with Crippen LogP contribution < -0.4 is 18.9 Å². The van der Waals surface area contributed by atoms with Crippen LogP contribution in [0.25, 0.3) is 0 Å². The predicted molar refractivity (Wildman–Crippen MR) is 96.0 cm³/mol. The normalized spacial score (nSPS) is 18.2. The van der Waals surface area contributed by atoms with Gasteiger partial charge in [-0.05, 0) is 12.1 Å². The second-order valence-electron chi connectivity index (χ2n) is 5.98. The molecule has 2 aromatic rings. The highest BCUT2D eigenvalue weighted by Gasteiger charge is 2.42. The molecule has 0 radical (unpaired) electrons. The van der Waals surface area contributed by atoms with Crippen LogP contribution in [0.2, 0.25) is 0 Å². The lowest BCUT2D eigenvalue weighted by atomic mass is 9.92. The van der Waals surface area contributed by atoms with Gasteiger partial charge in [0.15, 0.2) is 35.2 Å². The number of phenols is 3. The summed E-state index contributed by atoms with van der Waals surface area (Å²) in [5.74, 6) is -1.73. The van der Waals surface area contributed by atoms with Crippen molar-refractivity contribution < 1.29 is 43.8 Å². The Labute approximate surface area is 160 Å². The number of phenolic OH excluding ortho intramolecular Hbond substituents is 3. The van der Waals surface area contributed by atoms with Crippen LogP contribution in [0.1, 0.15) is 22.0 Å². The lowest BCUT2D eigenvalue weighted by Gasteiger charge is -2.32. The fourth-order valence-electron chi connectivity index (χ4n) is 3.18. The minimum absolute atomic E-state index is 0.00437. The first kappa shape index (κ1) is 19.4. The van der Waals surface area contributed by atoms with Gasteiger partial charge < -0.3 is 39.0 Å². The van der Waals surface area contributed by atoms with Crippen LogP contribution in [0.3, 0.4) is 0 Å². The summed E-state index contributed by atoms with van der Waals surface area (Å²) in [4.78, 5) is 12.9. The fourth-order valence-corrected chi connectivity index (χ4v) is 3.18. The number of aromatic hydroxyl groups is 3. The van der Waals surface area contributed by atoms with E-state index in [1.165, 1.54) is 40.6 Å². The highest BCUT2D eigenvalue weighted by atomic mass is 16.5. The van der Waals surface area contributed by atoms with Crippen molar-refractivity contribution in [2.24, 2.45) is 0 Å². The summed E-state index contributed by atoms with van der Waals surface area (Å²) in [6, 6.07) is 4.21. The Hall–Kier alpha value is -3.33. The zero-order chi connectivity index (χ0) is 20.6. The van der Waals surface area contributed by atoms with Gasteiger partial charge in [0.05, 0.1) is 21.3 Å². The van der Waals surface area contributed by atoms with Gasteiger partial charge in [-0.3, -0.25) is 4.79 Å². The number of carbonyl (C=O) groups is 1. The molecule has 1 heterocycles. The molecule has 1 aliphatic heterocycles. The summed E-state index contributed by atoms with van der Waals surface area (Å²) in [6.45, 7) is 0. The average molecular weight is 392 g/mol. The molecule has 9 heteroatoms. The molecular weight excluding hydrogens is 372 g/mol. The summed E-state index contributed by atoms with van der Waals surface area (Å²) in [6.07, 6.45) is -2.12. The van der Waals surface area contributed by atoms with Gasteiger partial charge in [-0.2, -0.15) is 0 Å². The molecule has 28 heavy (non-hydrogen) atoms. The lowest BCUT2D eigenvalue weighted by Crippen LogP contribution is -2.37. The first-order valence-electron chi connectivity index (χ1n) is 8.19. The first-order valence-corrected chi connectivity index (χ1v) is 8.19. The predicted octanol–water partition coefficient (Wildman–Crippen LogP) is 2.16. The van der Waals surface area contributed by atoms with Gasteiger partial charge in [0.1, 0.15) is 11.3 Å². The van der Waals surface area contributed by atoms with E-state index in [4.69, 9.17) is 23.7 Å². The fraction of sp³-hybridized carbons (Fsp3) is 0.316. The summed E-state index contributed by atoms with van der Waals surface area (Å²) < 4.78 is 26.5. The Bertz CT molecular complexity index is 922. The summed E-state index contributed by atoms with van der Waals surface area (Å²) >= 11 is 0. The highest BCUT2D eigenvalue weighted by Crippen LogP contribution is 2.49. The number of benzene rings is 2. The van der Waals surface area contributed by atoms with Crippen LogP contribution in [0.4, 0.5) is 0 Å². The van der Waals surface area contributed by atoms with Crippen LogP contribution in [0.15, 0.2) is 18.2 Å². The van der Waals surface area contributed by atoms with E-state index in [-0.39, 0.29) is 34.3 Å². The van der Waals surface area contributed by atoms with Crippen LogP contribution in [0, 0.1) is 0 Å². The van der Waals surface area contributed by atoms with E-state index in [9.17, 15) is 20.1 Å². The minimum Gasteiger partial charge on any atom is -0.504 e. The first-order chi connectivity index (χ1) is 13.4. The van der Waals surface area contributed by atoms with Crippen LogP contribution >= 0.6 is 0 Å². The number of methoxy groups -OCH3 is 4. The molecule has 0 aliphatic carbocycles. The standard InChI is InChI=1S/C19H20O9/c1-24-11-7-10-13(15(22)14(11)21)16(23)19(27-4)17(28-10)8-5-9(20)18(26-3)12(6-8)25-2/h5-7,17,19-22H,1-4H3/t17-,19+/m1/s1. The van der Waals surface area contributed by atoms with E-state index in [1.807, 2.05) is 0 Å². The Morgan fingerprint density at radius 2 is 1.57 bits per heavy atom. The monoisotopic (exact) mass is 392 g/mol. The number of ketones is 1. The molecule has 0 unspecified atom stereocenters. The third-order valence-corrected chi connectivity index (χ3v) is 4.52. The topological polar surface area (TPSA) is 124 Å². The van der Waals surface area contributed by atoms with Crippen LogP contribution in [0.5, 0.6) is 40.2 Å². The number of ether oxygens (including phenoxy) is 5. The van der Waals surface area contributed by atoms with Crippen molar-refractivity contribution in [3.8, 4) is 40.2 Å². The molecule has 0 saturated heterocycles. The van der Waals surface area contributed by atoms with Gasteiger partial charge in [-0.15, -0.1) is 0 Å². The molecule has 9 nitrogen and oxygen atoms in total. The molecule has 0 saturated carbocycles. The van der Waals surface area contributed by atoms with E-state index in [2.05, 4.69) is 0 Å². The molecule has 2 aromatic carbocycles. The Kier molecular flexibility index (Phi) is 5.10. The van der Waals surface area contributed by atoms with Gasteiger partial charge >= 0.3 is 0 Å². The molecular formula is C19H20O9. The molecule has 150 valence electrons. The number of hydrogen-bond donors (Lipinski definition) is 3. The number of fused-ring (bicyclic) bond motifs is 1. The minimum atomic E-state index is -1.15. The molecule has 1 aliphatic rings. The Morgan fingerprint density at radius 1 is 0.893 bits per heavy atom. The van der Waals surface area contributed by atoms with Crippen molar-refractivity contribution in [2.45, 2.75) is 12.2 Å². The van der Waals surface area contributed by atoms with Gasteiger partial charge in [-0.1, -0.05) is 0 Å².